The molecular weight excluding hydrogens is 436 g/mol. The number of benzene rings is 2. The van der Waals surface area contributed by atoms with Crippen molar-refractivity contribution in [1.82, 2.24) is 5.32 Å². The quantitative estimate of drug-likeness (QED) is 0.694. The number of carbonyl (C=O) groups excluding carboxylic acids is 1. The van der Waals surface area contributed by atoms with Crippen molar-refractivity contribution in [3.63, 3.8) is 0 Å². The maximum absolute atomic E-state index is 13.0. The van der Waals surface area contributed by atoms with Crippen molar-refractivity contribution in [3.05, 3.63) is 52.0 Å². The van der Waals surface area contributed by atoms with Gasteiger partial charge in [-0.05, 0) is 42.7 Å². The molecule has 152 valence electrons. The second-order valence-corrected chi connectivity index (χ2v) is 7.99. The molecule has 1 aliphatic rings. The van der Waals surface area contributed by atoms with E-state index in [2.05, 4.69) is 27.3 Å². The van der Waals surface area contributed by atoms with Crippen LogP contribution in [0, 0.1) is 17.2 Å². The van der Waals surface area contributed by atoms with E-state index in [1.54, 1.807) is 24.3 Å². The Morgan fingerprint density at radius 1 is 1.17 bits per heavy atom. The summed E-state index contributed by atoms with van der Waals surface area (Å²) < 4.78 is 18.0. The number of halogens is 1. The molecule has 0 radical (unpaired) electrons. The van der Waals surface area contributed by atoms with Crippen LogP contribution in [0.15, 0.2) is 40.9 Å². The molecule has 0 fully saturated rings. The predicted molar refractivity (Wildman–Crippen MR) is 112 cm³/mol. The first-order valence-electron chi connectivity index (χ1n) is 9.46. The zero-order valence-electron chi connectivity index (χ0n) is 16.6. The number of fused-ring (bicyclic) bond motifs is 1. The SMILES string of the molecule is CC(NC(=O)C(Oc1ccccc1C#N)C(C)C)c1cc2c(cc1Br)OCCO2. The van der Waals surface area contributed by atoms with Crippen LogP contribution in [-0.4, -0.2) is 25.2 Å². The number of hydrogen-bond acceptors (Lipinski definition) is 5. The van der Waals surface area contributed by atoms with E-state index in [4.69, 9.17) is 14.2 Å². The summed E-state index contributed by atoms with van der Waals surface area (Å²) in [4.78, 5) is 13.0. The van der Waals surface area contributed by atoms with Gasteiger partial charge in [-0.15, -0.1) is 0 Å². The van der Waals surface area contributed by atoms with Gasteiger partial charge in [0.2, 0.25) is 0 Å². The summed E-state index contributed by atoms with van der Waals surface area (Å²) in [5.74, 6) is 1.41. The molecule has 0 aromatic heterocycles. The normalized spacial score (nSPS) is 14.6. The van der Waals surface area contributed by atoms with Crippen LogP contribution in [0.3, 0.4) is 0 Å². The summed E-state index contributed by atoms with van der Waals surface area (Å²) in [6, 6.07) is 12.4. The zero-order chi connectivity index (χ0) is 21.0. The van der Waals surface area contributed by atoms with Gasteiger partial charge in [0.15, 0.2) is 17.6 Å². The van der Waals surface area contributed by atoms with Gasteiger partial charge in [-0.3, -0.25) is 4.79 Å². The summed E-state index contributed by atoms with van der Waals surface area (Å²) in [5.41, 5.74) is 1.27. The molecule has 2 unspecified atom stereocenters. The van der Waals surface area contributed by atoms with Gasteiger partial charge in [0.05, 0.1) is 11.6 Å². The van der Waals surface area contributed by atoms with Crippen LogP contribution < -0.4 is 19.5 Å². The van der Waals surface area contributed by atoms with Gasteiger partial charge in [-0.25, -0.2) is 0 Å². The third-order valence-electron chi connectivity index (χ3n) is 4.61. The third kappa shape index (κ3) is 4.83. The van der Waals surface area contributed by atoms with Gasteiger partial charge < -0.3 is 19.5 Å². The molecule has 1 aliphatic heterocycles. The lowest BCUT2D eigenvalue weighted by atomic mass is 10.0. The zero-order valence-corrected chi connectivity index (χ0v) is 18.2. The summed E-state index contributed by atoms with van der Waals surface area (Å²) >= 11 is 3.55. The fourth-order valence-corrected chi connectivity index (χ4v) is 3.74. The van der Waals surface area contributed by atoms with E-state index >= 15 is 0 Å². The summed E-state index contributed by atoms with van der Waals surface area (Å²) in [5, 5.41) is 12.3. The highest BCUT2D eigenvalue weighted by molar-refractivity contribution is 9.10. The lowest BCUT2D eigenvalue weighted by molar-refractivity contribution is -0.130. The van der Waals surface area contributed by atoms with E-state index in [-0.39, 0.29) is 17.9 Å². The number of para-hydroxylation sites is 1. The molecule has 0 spiro atoms. The topological polar surface area (TPSA) is 80.6 Å². The molecule has 1 N–H and O–H groups in total. The van der Waals surface area contributed by atoms with Crippen LogP contribution in [0.2, 0.25) is 0 Å². The summed E-state index contributed by atoms with van der Waals surface area (Å²) in [6.45, 7) is 6.72. The largest absolute Gasteiger partial charge is 0.486 e. The lowest BCUT2D eigenvalue weighted by Gasteiger charge is -2.26. The predicted octanol–water partition coefficient (Wildman–Crippen LogP) is 4.37. The third-order valence-corrected chi connectivity index (χ3v) is 5.30. The van der Waals surface area contributed by atoms with E-state index in [1.807, 2.05) is 32.9 Å². The van der Waals surface area contributed by atoms with Gasteiger partial charge in [-0.1, -0.05) is 41.9 Å². The highest BCUT2D eigenvalue weighted by Gasteiger charge is 2.27. The number of hydrogen-bond donors (Lipinski definition) is 1. The Morgan fingerprint density at radius 3 is 2.48 bits per heavy atom. The molecule has 7 heteroatoms. The molecule has 2 aromatic carbocycles. The van der Waals surface area contributed by atoms with Crippen molar-refractivity contribution in [2.24, 2.45) is 5.92 Å². The van der Waals surface area contributed by atoms with Crippen molar-refractivity contribution >= 4 is 21.8 Å². The maximum Gasteiger partial charge on any atom is 0.261 e. The fraction of sp³-hybridized carbons (Fsp3) is 0.364. The van der Waals surface area contributed by atoms with E-state index in [0.717, 1.165) is 10.0 Å². The minimum absolute atomic E-state index is 0.0855. The van der Waals surface area contributed by atoms with Crippen molar-refractivity contribution in [3.8, 4) is 23.3 Å². The molecular formula is C22H23BrN2O4. The van der Waals surface area contributed by atoms with E-state index in [1.165, 1.54) is 0 Å². The fourth-order valence-electron chi connectivity index (χ4n) is 3.08. The van der Waals surface area contributed by atoms with E-state index in [0.29, 0.717) is 36.0 Å². The van der Waals surface area contributed by atoms with Crippen molar-refractivity contribution < 1.29 is 19.0 Å². The molecule has 0 aliphatic carbocycles. The average Bonchev–Trinajstić information content (AvgIpc) is 2.71. The van der Waals surface area contributed by atoms with E-state index in [9.17, 15) is 10.1 Å². The van der Waals surface area contributed by atoms with Crippen LogP contribution in [0.5, 0.6) is 17.2 Å². The van der Waals surface area contributed by atoms with Crippen LogP contribution in [-0.2, 0) is 4.79 Å². The maximum atomic E-state index is 13.0. The van der Waals surface area contributed by atoms with Gasteiger partial charge in [-0.2, -0.15) is 5.26 Å². The van der Waals surface area contributed by atoms with Crippen molar-refractivity contribution in [2.75, 3.05) is 13.2 Å². The van der Waals surface area contributed by atoms with Gasteiger partial charge in [0, 0.05) is 4.47 Å². The van der Waals surface area contributed by atoms with E-state index < -0.39 is 6.10 Å². The van der Waals surface area contributed by atoms with Crippen molar-refractivity contribution in [1.29, 1.82) is 5.26 Å². The Bertz CT molecular complexity index is 939. The Labute approximate surface area is 178 Å². The number of amides is 1. The molecule has 0 saturated heterocycles. The Balaban J connectivity index is 1.77. The first-order chi connectivity index (χ1) is 13.9. The highest BCUT2D eigenvalue weighted by Crippen LogP contribution is 2.37. The minimum Gasteiger partial charge on any atom is -0.486 e. The van der Waals surface area contributed by atoms with Crippen molar-refractivity contribution in [2.45, 2.75) is 32.9 Å². The van der Waals surface area contributed by atoms with Crippen LogP contribution in [0.4, 0.5) is 0 Å². The van der Waals surface area contributed by atoms with Gasteiger partial charge in [0.1, 0.15) is 25.0 Å². The van der Waals surface area contributed by atoms with Gasteiger partial charge >= 0.3 is 0 Å². The number of nitrogens with one attached hydrogen (secondary N) is 1. The summed E-state index contributed by atoms with van der Waals surface area (Å²) in [7, 11) is 0. The molecule has 1 heterocycles. The molecule has 2 atom stereocenters. The number of rotatable bonds is 6. The molecule has 0 bridgehead atoms. The Hall–Kier alpha value is -2.72. The highest BCUT2D eigenvalue weighted by atomic mass is 79.9. The smallest absolute Gasteiger partial charge is 0.261 e. The first-order valence-corrected chi connectivity index (χ1v) is 10.2. The second kappa shape index (κ2) is 9.19. The number of nitrogens with zero attached hydrogens (tertiary/aromatic N) is 1. The minimum atomic E-state index is -0.733. The van der Waals surface area contributed by atoms with Gasteiger partial charge in [0.25, 0.3) is 5.91 Å². The van der Waals surface area contributed by atoms with Crippen LogP contribution >= 0.6 is 15.9 Å². The number of carbonyl (C=O) groups is 1. The van der Waals surface area contributed by atoms with Crippen LogP contribution in [0.1, 0.15) is 37.9 Å². The first kappa shape index (κ1) is 21.0. The summed E-state index contributed by atoms with van der Waals surface area (Å²) in [6.07, 6.45) is -0.733. The second-order valence-electron chi connectivity index (χ2n) is 7.14. The molecule has 6 nitrogen and oxygen atoms in total. The molecule has 0 saturated carbocycles. The van der Waals surface area contributed by atoms with Crippen LogP contribution in [0.25, 0.3) is 0 Å². The Kier molecular flexibility index (Phi) is 6.65. The Morgan fingerprint density at radius 2 is 1.83 bits per heavy atom. The average molecular weight is 459 g/mol. The molecule has 2 aromatic rings. The molecule has 3 rings (SSSR count). The monoisotopic (exact) mass is 458 g/mol. The number of nitriles is 1. The molecule has 1 amide bonds. The number of ether oxygens (including phenoxy) is 3. The molecule has 29 heavy (non-hydrogen) atoms. The standard InChI is InChI=1S/C22H23BrN2O4/c1-13(2)21(29-18-7-5-4-6-15(18)12-24)22(26)25-14(3)16-10-19-20(11-17(16)23)28-9-8-27-19/h4-7,10-11,13-14,21H,8-9H2,1-3H3,(H,25,26). The lowest BCUT2D eigenvalue weighted by Crippen LogP contribution is -2.42.